The molecular formula is C23H19ClN2O2. The van der Waals surface area contributed by atoms with Crippen molar-refractivity contribution >= 4 is 23.2 Å². The lowest BCUT2D eigenvalue weighted by atomic mass is 10.1. The van der Waals surface area contributed by atoms with Gasteiger partial charge in [0.15, 0.2) is 5.60 Å². The Hall–Kier alpha value is -3.29. The van der Waals surface area contributed by atoms with Crippen molar-refractivity contribution in [2.45, 2.75) is 19.4 Å². The summed E-state index contributed by atoms with van der Waals surface area (Å²) in [7, 11) is 0. The van der Waals surface area contributed by atoms with Crippen molar-refractivity contribution in [3.8, 4) is 17.6 Å². The van der Waals surface area contributed by atoms with Crippen LogP contribution in [0, 0.1) is 11.8 Å². The van der Waals surface area contributed by atoms with Gasteiger partial charge in [-0.05, 0) is 74.4 Å². The average molecular weight is 391 g/mol. The lowest BCUT2D eigenvalue weighted by molar-refractivity contribution is -0.128. The predicted octanol–water partition coefficient (Wildman–Crippen LogP) is 4.93. The summed E-state index contributed by atoms with van der Waals surface area (Å²) in [6.07, 6.45) is 1.70. The molecule has 3 rings (SSSR count). The van der Waals surface area contributed by atoms with Crippen LogP contribution >= 0.6 is 11.6 Å². The molecule has 3 aromatic rings. The lowest BCUT2D eigenvalue weighted by Gasteiger charge is -2.25. The number of halogens is 1. The molecular weight excluding hydrogens is 372 g/mol. The zero-order valence-electron chi connectivity index (χ0n) is 15.6. The minimum absolute atomic E-state index is 0.266. The minimum atomic E-state index is -1.07. The van der Waals surface area contributed by atoms with Crippen molar-refractivity contribution in [2.75, 3.05) is 5.32 Å². The van der Waals surface area contributed by atoms with Gasteiger partial charge in [0.1, 0.15) is 11.4 Å². The number of pyridine rings is 1. The average Bonchev–Trinajstić information content (AvgIpc) is 2.69. The zero-order chi connectivity index (χ0) is 20.0. The van der Waals surface area contributed by atoms with E-state index in [0.29, 0.717) is 22.2 Å². The normalized spacial score (nSPS) is 10.5. The van der Waals surface area contributed by atoms with E-state index in [-0.39, 0.29) is 5.91 Å². The van der Waals surface area contributed by atoms with Crippen molar-refractivity contribution in [1.82, 2.24) is 4.98 Å². The van der Waals surface area contributed by atoms with Crippen molar-refractivity contribution in [3.63, 3.8) is 0 Å². The van der Waals surface area contributed by atoms with Crippen LogP contribution in [-0.4, -0.2) is 16.5 Å². The molecule has 0 bridgehead atoms. The van der Waals surface area contributed by atoms with Crippen LogP contribution in [-0.2, 0) is 4.79 Å². The van der Waals surface area contributed by atoms with E-state index in [4.69, 9.17) is 16.3 Å². The first-order chi connectivity index (χ1) is 13.4. The summed E-state index contributed by atoms with van der Waals surface area (Å²) < 4.78 is 5.82. The third-order valence-corrected chi connectivity index (χ3v) is 4.11. The van der Waals surface area contributed by atoms with Crippen LogP contribution in [0.4, 0.5) is 5.69 Å². The number of rotatable bonds is 4. The van der Waals surface area contributed by atoms with Crippen molar-refractivity contribution in [2.24, 2.45) is 0 Å². The molecule has 0 saturated heterocycles. The van der Waals surface area contributed by atoms with E-state index in [0.717, 1.165) is 5.56 Å². The molecule has 0 aliphatic rings. The number of carbonyl (C=O) groups excluding carboxylic acids is 1. The molecule has 1 amide bonds. The Morgan fingerprint density at radius 3 is 2.54 bits per heavy atom. The maximum absolute atomic E-state index is 12.7. The fourth-order valence-electron chi connectivity index (χ4n) is 2.37. The molecule has 1 N–H and O–H groups in total. The van der Waals surface area contributed by atoms with E-state index in [1.165, 1.54) is 0 Å². The fraction of sp³-hybridized carbons (Fsp3) is 0.130. The molecule has 0 saturated carbocycles. The van der Waals surface area contributed by atoms with Gasteiger partial charge in [-0.1, -0.05) is 29.7 Å². The monoisotopic (exact) mass is 390 g/mol. The topological polar surface area (TPSA) is 51.2 Å². The number of nitrogens with zero attached hydrogens (tertiary/aromatic N) is 1. The second kappa shape index (κ2) is 8.60. The molecule has 28 heavy (non-hydrogen) atoms. The second-order valence-corrected chi connectivity index (χ2v) is 7.00. The Morgan fingerprint density at radius 2 is 1.82 bits per heavy atom. The largest absolute Gasteiger partial charge is 0.478 e. The Bertz CT molecular complexity index is 1020. The van der Waals surface area contributed by atoms with E-state index in [1.807, 2.05) is 42.5 Å². The van der Waals surface area contributed by atoms with Gasteiger partial charge >= 0.3 is 0 Å². The number of amides is 1. The van der Waals surface area contributed by atoms with Gasteiger partial charge in [-0.15, -0.1) is 0 Å². The highest BCUT2D eigenvalue weighted by Crippen LogP contribution is 2.22. The van der Waals surface area contributed by atoms with E-state index < -0.39 is 5.60 Å². The van der Waals surface area contributed by atoms with Crippen LogP contribution in [0.2, 0.25) is 5.02 Å². The highest BCUT2D eigenvalue weighted by molar-refractivity contribution is 6.30. The molecule has 0 aliphatic carbocycles. The highest BCUT2D eigenvalue weighted by atomic mass is 35.5. The van der Waals surface area contributed by atoms with Gasteiger partial charge in [-0.3, -0.25) is 4.79 Å². The van der Waals surface area contributed by atoms with Crippen molar-refractivity contribution in [3.05, 3.63) is 89.2 Å². The fourth-order valence-corrected chi connectivity index (χ4v) is 2.50. The maximum Gasteiger partial charge on any atom is 0.267 e. The van der Waals surface area contributed by atoms with Crippen molar-refractivity contribution in [1.29, 1.82) is 0 Å². The number of anilines is 1. The van der Waals surface area contributed by atoms with Gasteiger partial charge < -0.3 is 10.1 Å². The van der Waals surface area contributed by atoms with Crippen molar-refractivity contribution < 1.29 is 9.53 Å². The van der Waals surface area contributed by atoms with Crippen LogP contribution in [0.3, 0.4) is 0 Å². The molecule has 0 unspecified atom stereocenters. The number of carbonyl (C=O) groups is 1. The Morgan fingerprint density at radius 1 is 1.04 bits per heavy atom. The van der Waals surface area contributed by atoms with E-state index in [9.17, 15) is 4.79 Å². The van der Waals surface area contributed by atoms with Gasteiger partial charge in [0.25, 0.3) is 5.91 Å². The van der Waals surface area contributed by atoms with Gasteiger partial charge in [-0.25, -0.2) is 4.98 Å². The summed E-state index contributed by atoms with van der Waals surface area (Å²) in [6.45, 7) is 3.42. The standard InChI is InChI=1S/C23H19ClN2O2/c1-23(2,28-21-13-10-18(24)11-14-21)22(27)26-20-8-5-6-17(16-20)9-12-19-7-3-4-15-25-19/h3-8,10-11,13-16H,1-2H3,(H,26,27). The molecule has 0 atom stereocenters. The number of benzene rings is 2. The third kappa shape index (κ3) is 5.35. The first-order valence-electron chi connectivity index (χ1n) is 8.71. The van der Waals surface area contributed by atoms with Crippen LogP contribution in [0.15, 0.2) is 72.9 Å². The molecule has 0 aliphatic heterocycles. The lowest BCUT2D eigenvalue weighted by Crippen LogP contribution is -2.42. The molecule has 0 fully saturated rings. The Kier molecular flexibility index (Phi) is 5.98. The van der Waals surface area contributed by atoms with Gasteiger partial charge in [0.2, 0.25) is 0 Å². The molecule has 2 aromatic carbocycles. The quantitative estimate of drug-likeness (QED) is 0.642. The molecule has 4 nitrogen and oxygen atoms in total. The number of hydrogen-bond donors (Lipinski definition) is 1. The second-order valence-electron chi connectivity index (χ2n) is 6.57. The first-order valence-corrected chi connectivity index (χ1v) is 9.09. The predicted molar refractivity (Wildman–Crippen MR) is 111 cm³/mol. The summed E-state index contributed by atoms with van der Waals surface area (Å²) in [4.78, 5) is 16.9. The third-order valence-electron chi connectivity index (χ3n) is 3.85. The molecule has 0 radical (unpaired) electrons. The number of aromatic nitrogens is 1. The summed E-state index contributed by atoms with van der Waals surface area (Å²) >= 11 is 5.88. The minimum Gasteiger partial charge on any atom is -0.478 e. The summed E-state index contributed by atoms with van der Waals surface area (Å²) in [6, 6.07) is 19.8. The van der Waals surface area contributed by atoms with E-state index in [2.05, 4.69) is 22.1 Å². The Balaban J connectivity index is 1.69. The molecule has 1 heterocycles. The molecule has 140 valence electrons. The smallest absolute Gasteiger partial charge is 0.267 e. The summed E-state index contributed by atoms with van der Waals surface area (Å²) in [5.41, 5.74) is 1.05. The summed E-state index contributed by atoms with van der Waals surface area (Å²) in [5.74, 6) is 6.35. The Labute approximate surface area is 169 Å². The molecule has 0 spiro atoms. The van der Waals surface area contributed by atoms with Gasteiger partial charge in [-0.2, -0.15) is 0 Å². The number of ether oxygens (including phenoxy) is 1. The van der Waals surface area contributed by atoms with Gasteiger partial charge in [0.05, 0.1) is 0 Å². The van der Waals surface area contributed by atoms with E-state index >= 15 is 0 Å². The maximum atomic E-state index is 12.7. The van der Waals surface area contributed by atoms with Crippen LogP contribution in [0.5, 0.6) is 5.75 Å². The first kappa shape index (κ1) is 19.5. The number of nitrogens with one attached hydrogen (secondary N) is 1. The van der Waals surface area contributed by atoms with Crippen LogP contribution in [0.1, 0.15) is 25.1 Å². The molecule has 1 aromatic heterocycles. The van der Waals surface area contributed by atoms with Crippen LogP contribution < -0.4 is 10.1 Å². The summed E-state index contributed by atoms with van der Waals surface area (Å²) in [5, 5.41) is 3.49. The number of hydrogen-bond acceptors (Lipinski definition) is 3. The highest BCUT2D eigenvalue weighted by Gasteiger charge is 2.30. The van der Waals surface area contributed by atoms with Gasteiger partial charge in [0, 0.05) is 22.5 Å². The molecule has 5 heteroatoms. The SMILES string of the molecule is CC(C)(Oc1ccc(Cl)cc1)C(=O)Nc1cccc(C#Cc2ccccn2)c1. The van der Waals surface area contributed by atoms with E-state index in [1.54, 1.807) is 44.3 Å². The van der Waals surface area contributed by atoms with Crippen LogP contribution in [0.25, 0.3) is 0 Å². The zero-order valence-corrected chi connectivity index (χ0v) is 16.3.